The second-order valence-electron chi connectivity index (χ2n) is 5.94. The molecule has 0 bridgehead atoms. The van der Waals surface area contributed by atoms with Crippen LogP contribution in [0.1, 0.15) is 21.5 Å². The van der Waals surface area contributed by atoms with Gasteiger partial charge in [0.05, 0.1) is 32.6 Å². The standard InChI is InChI=1S/C20H21N3O3/c1-14-5-4-6-15(9-14)12-23-13-17(11-21-23)22-20(24)16-7-8-18(25-2)19(10-16)26-3/h4-11,13H,12H2,1-3H3,(H,22,24). The molecule has 134 valence electrons. The van der Waals surface area contributed by atoms with Crippen molar-refractivity contribution in [2.24, 2.45) is 0 Å². The van der Waals surface area contributed by atoms with Crippen LogP contribution in [0.3, 0.4) is 0 Å². The van der Waals surface area contributed by atoms with Gasteiger partial charge >= 0.3 is 0 Å². The zero-order valence-corrected chi connectivity index (χ0v) is 15.0. The maximum absolute atomic E-state index is 12.4. The Bertz CT molecular complexity index is 918. The number of carbonyl (C=O) groups is 1. The van der Waals surface area contributed by atoms with Crippen molar-refractivity contribution in [3.05, 3.63) is 71.5 Å². The molecule has 1 N–H and O–H groups in total. The highest BCUT2D eigenvalue weighted by Gasteiger charge is 2.12. The van der Waals surface area contributed by atoms with Crippen molar-refractivity contribution in [2.45, 2.75) is 13.5 Å². The highest BCUT2D eigenvalue weighted by atomic mass is 16.5. The minimum atomic E-state index is -0.235. The molecule has 0 spiro atoms. The zero-order chi connectivity index (χ0) is 18.5. The number of ether oxygens (including phenoxy) is 2. The molecular weight excluding hydrogens is 330 g/mol. The van der Waals surface area contributed by atoms with Crippen molar-refractivity contribution in [3.63, 3.8) is 0 Å². The highest BCUT2D eigenvalue weighted by molar-refractivity contribution is 6.04. The second kappa shape index (κ2) is 7.74. The predicted octanol–water partition coefficient (Wildman–Crippen LogP) is 3.51. The van der Waals surface area contributed by atoms with Gasteiger partial charge in [-0.15, -0.1) is 0 Å². The fourth-order valence-electron chi connectivity index (χ4n) is 2.69. The monoisotopic (exact) mass is 351 g/mol. The van der Waals surface area contributed by atoms with Gasteiger partial charge in [0.25, 0.3) is 5.91 Å². The van der Waals surface area contributed by atoms with Crippen LogP contribution in [0.2, 0.25) is 0 Å². The molecule has 0 aliphatic rings. The first kappa shape index (κ1) is 17.5. The lowest BCUT2D eigenvalue weighted by atomic mass is 10.1. The van der Waals surface area contributed by atoms with E-state index in [-0.39, 0.29) is 5.91 Å². The van der Waals surface area contributed by atoms with E-state index in [0.29, 0.717) is 29.3 Å². The molecule has 3 aromatic rings. The molecule has 0 aliphatic heterocycles. The van der Waals surface area contributed by atoms with E-state index in [4.69, 9.17) is 9.47 Å². The van der Waals surface area contributed by atoms with Crippen LogP contribution in [0.5, 0.6) is 11.5 Å². The molecule has 0 unspecified atom stereocenters. The lowest BCUT2D eigenvalue weighted by Crippen LogP contribution is -2.11. The van der Waals surface area contributed by atoms with Crippen molar-refractivity contribution in [1.82, 2.24) is 9.78 Å². The van der Waals surface area contributed by atoms with E-state index in [0.717, 1.165) is 5.56 Å². The van der Waals surface area contributed by atoms with Gasteiger partial charge in [-0.2, -0.15) is 5.10 Å². The minimum Gasteiger partial charge on any atom is -0.493 e. The van der Waals surface area contributed by atoms with E-state index in [2.05, 4.69) is 35.5 Å². The number of benzene rings is 2. The first-order chi connectivity index (χ1) is 12.6. The molecule has 0 fully saturated rings. The maximum atomic E-state index is 12.4. The summed E-state index contributed by atoms with van der Waals surface area (Å²) in [7, 11) is 3.09. The molecule has 0 saturated heterocycles. The molecule has 0 radical (unpaired) electrons. The van der Waals surface area contributed by atoms with Gasteiger partial charge in [0.2, 0.25) is 0 Å². The van der Waals surface area contributed by atoms with Crippen LogP contribution in [0, 0.1) is 6.92 Å². The first-order valence-electron chi connectivity index (χ1n) is 8.20. The van der Waals surface area contributed by atoms with E-state index in [1.54, 1.807) is 42.4 Å². The summed E-state index contributed by atoms with van der Waals surface area (Å²) in [5, 5.41) is 7.15. The van der Waals surface area contributed by atoms with Crippen LogP contribution in [-0.2, 0) is 6.54 Å². The van der Waals surface area contributed by atoms with E-state index in [1.165, 1.54) is 12.7 Å². The summed E-state index contributed by atoms with van der Waals surface area (Å²) in [5.74, 6) is 0.853. The molecule has 26 heavy (non-hydrogen) atoms. The number of nitrogens with one attached hydrogen (secondary N) is 1. The molecule has 0 atom stereocenters. The summed E-state index contributed by atoms with van der Waals surface area (Å²) >= 11 is 0. The van der Waals surface area contributed by atoms with Gasteiger partial charge in [-0.25, -0.2) is 0 Å². The average Bonchev–Trinajstić information content (AvgIpc) is 3.07. The third kappa shape index (κ3) is 4.03. The Kier molecular flexibility index (Phi) is 5.22. The third-order valence-corrected chi connectivity index (χ3v) is 3.96. The van der Waals surface area contributed by atoms with E-state index in [1.807, 2.05) is 6.07 Å². The minimum absolute atomic E-state index is 0.235. The van der Waals surface area contributed by atoms with Crippen molar-refractivity contribution < 1.29 is 14.3 Å². The largest absolute Gasteiger partial charge is 0.493 e. The SMILES string of the molecule is COc1ccc(C(=O)Nc2cnn(Cc3cccc(C)c3)c2)cc1OC. The Hall–Kier alpha value is -3.28. The van der Waals surface area contributed by atoms with Crippen LogP contribution in [0.15, 0.2) is 54.9 Å². The Labute approximate surface area is 152 Å². The molecule has 0 saturated carbocycles. The van der Waals surface area contributed by atoms with Crippen LogP contribution < -0.4 is 14.8 Å². The normalized spacial score (nSPS) is 10.4. The van der Waals surface area contributed by atoms with Crippen LogP contribution in [0.25, 0.3) is 0 Å². The predicted molar refractivity (Wildman–Crippen MR) is 100 cm³/mol. The fraction of sp³-hybridized carbons (Fsp3) is 0.200. The highest BCUT2D eigenvalue weighted by Crippen LogP contribution is 2.27. The van der Waals surface area contributed by atoms with Crippen LogP contribution >= 0.6 is 0 Å². The molecule has 3 rings (SSSR count). The number of nitrogens with zero attached hydrogens (tertiary/aromatic N) is 2. The number of hydrogen-bond acceptors (Lipinski definition) is 4. The average molecular weight is 351 g/mol. The number of carbonyl (C=O) groups excluding carboxylic acids is 1. The Morgan fingerprint density at radius 1 is 1.12 bits per heavy atom. The molecule has 6 heteroatoms. The van der Waals surface area contributed by atoms with Crippen molar-refractivity contribution in [3.8, 4) is 11.5 Å². The fourth-order valence-corrected chi connectivity index (χ4v) is 2.69. The molecule has 0 aliphatic carbocycles. The first-order valence-corrected chi connectivity index (χ1v) is 8.20. The van der Waals surface area contributed by atoms with Gasteiger partial charge in [-0.3, -0.25) is 9.48 Å². The smallest absolute Gasteiger partial charge is 0.255 e. The number of amides is 1. The lowest BCUT2D eigenvalue weighted by Gasteiger charge is -2.09. The van der Waals surface area contributed by atoms with Gasteiger partial charge in [0.15, 0.2) is 11.5 Å². The van der Waals surface area contributed by atoms with Crippen LogP contribution in [0.4, 0.5) is 5.69 Å². The van der Waals surface area contributed by atoms with Gasteiger partial charge in [-0.1, -0.05) is 29.8 Å². The molecule has 2 aromatic carbocycles. The van der Waals surface area contributed by atoms with Gasteiger partial charge in [0.1, 0.15) is 0 Å². The van der Waals surface area contributed by atoms with E-state index < -0.39 is 0 Å². The maximum Gasteiger partial charge on any atom is 0.255 e. The lowest BCUT2D eigenvalue weighted by molar-refractivity contribution is 0.102. The molecule has 1 aromatic heterocycles. The number of aromatic nitrogens is 2. The van der Waals surface area contributed by atoms with Crippen molar-refractivity contribution in [2.75, 3.05) is 19.5 Å². The number of aryl methyl sites for hydroxylation is 1. The number of methoxy groups -OCH3 is 2. The molecular formula is C20H21N3O3. The summed E-state index contributed by atoms with van der Waals surface area (Å²) in [4.78, 5) is 12.4. The summed E-state index contributed by atoms with van der Waals surface area (Å²) in [6, 6.07) is 13.3. The van der Waals surface area contributed by atoms with Gasteiger partial charge in [-0.05, 0) is 30.7 Å². The number of hydrogen-bond donors (Lipinski definition) is 1. The third-order valence-electron chi connectivity index (χ3n) is 3.96. The second-order valence-corrected chi connectivity index (χ2v) is 5.94. The van der Waals surface area contributed by atoms with Crippen molar-refractivity contribution in [1.29, 1.82) is 0 Å². The van der Waals surface area contributed by atoms with E-state index in [9.17, 15) is 4.79 Å². The summed E-state index contributed by atoms with van der Waals surface area (Å²) < 4.78 is 12.2. The number of anilines is 1. The molecule has 1 heterocycles. The van der Waals surface area contributed by atoms with Crippen molar-refractivity contribution >= 4 is 11.6 Å². The Morgan fingerprint density at radius 2 is 1.92 bits per heavy atom. The molecule has 1 amide bonds. The van der Waals surface area contributed by atoms with Gasteiger partial charge in [0, 0.05) is 11.8 Å². The van der Waals surface area contributed by atoms with E-state index >= 15 is 0 Å². The van der Waals surface area contributed by atoms with Gasteiger partial charge < -0.3 is 14.8 Å². The zero-order valence-electron chi connectivity index (χ0n) is 15.0. The summed E-state index contributed by atoms with van der Waals surface area (Å²) in [5.41, 5.74) is 3.48. The quantitative estimate of drug-likeness (QED) is 0.738. The number of rotatable bonds is 6. The summed E-state index contributed by atoms with van der Waals surface area (Å²) in [6.07, 6.45) is 3.44. The Morgan fingerprint density at radius 3 is 2.65 bits per heavy atom. The topological polar surface area (TPSA) is 65.4 Å². The Balaban J connectivity index is 1.69. The summed E-state index contributed by atoms with van der Waals surface area (Å²) in [6.45, 7) is 2.70. The molecule has 6 nitrogen and oxygen atoms in total. The van der Waals surface area contributed by atoms with Crippen LogP contribution in [-0.4, -0.2) is 29.9 Å².